The molecule has 3 N–H and O–H groups in total. The van der Waals surface area contributed by atoms with E-state index in [1.807, 2.05) is 0 Å². The lowest BCUT2D eigenvalue weighted by atomic mass is 10.1. The standard InChI is InChI=1S/C15H24N4O7S3/c1-15(16,17-2)5-3-11(20)18-6-8-28-27-7-4-13(22)26-19-12(21)9-10(14(19)23)29(24)25/h10,29H,2-9,16H2,1H3,(H,18,20). The number of amides is 3. The topological polar surface area (TPSA) is 165 Å². The van der Waals surface area contributed by atoms with Crippen LogP contribution in [0.5, 0.6) is 0 Å². The second kappa shape index (κ2) is 12.1. The molecule has 0 aromatic rings. The number of carbonyl (C=O) groups is 4. The summed E-state index contributed by atoms with van der Waals surface area (Å²) in [5.41, 5.74) is 4.94. The Kier molecular flexibility index (Phi) is 10.6. The number of aliphatic imine (C=N–C) groups is 1. The van der Waals surface area contributed by atoms with Gasteiger partial charge in [0, 0.05) is 24.5 Å². The second-order valence-corrected chi connectivity index (χ2v) is 10.2. The molecule has 1 fully saturated rings. The number of imide groups is 1. The van der Waals surface area contributed by atoms with E-state index in [2.05, 4.69) is 21.9 Å². The molecular weight excluding hydrogens is 444 g/mol. The van der Waals surface area contributed by atoms with Gasteiger partial charge in [0.25, 0.3) is 11.8 Å². The summed E-state index contributed by atoms with van der Waals surface area (Å²) in [7, 11) is -0.325. The maximum Gasteiger partial charge on any atom is 0.334 e. The van der Waals surface area contributed by atoms with Crippen LogP contribution in [0.2, 0.25) is 0 Å². The number of nitrogens with zero attached hydrogens (tertiary/aromatic N) is 2. The lowest BCUT2D eigenvalue weighted by Gasteiger charge is -2.18. The lowest BCUT2D eigenvalue weighted by Crippen LogP contribution is -2.36. The Bertz CT molecular complexity index is 719. The summed E-state index contributed by atoms with van der Waals surface area (Å²) in [5, 5.41) is 1.48. The van der Waals surface area contributed by atoms with E-state index in [1.165, 1.54) is 21.6 Å². The van der Waals surface area contributed by atoms with Crippen molar-refractivity contribution in [3.05, 3.63) is 0 Å². The number of thiol groups is 1. The maximum absolute atomic E-state index is 11.7. The smallest absolute Gasteiger partial charge is 0.334 e. The van der Waals surface area contributed by atoms with Crippen LogP contribution in [0.1, 0.15) is 32.6 Å². The van der Waals surface area contributed by atoms with E-state index >= 15 is 0 Å². The molecule has 0 bridgehead atoms. The predicted octanol–water partition coefficient (Wildman–Crippen LogP) is -0.773. The van der Waals surface area contributed by atoms with Crippen LogP contribution >= 0.6 is 21.6 Å². The van der Waals surface area contributed by atoms with Crippen LogP contribution < -0.4 is 11.1 Å². The number of hydroxylamine groups is 2. The van der Waals surface area contributed by atoms with Crippen LogP contribution in [-0.2, 0) is 34.7 Å². The molecule has 14 heteroatoms. The maximum atomic E-state index is 11.7. The van der Waals surface area contributed by atoms with Crippen molar-refractivity contribution in [2.24, 2.45) is 10.7 Å². The summed E-state index contributed by atoms with van der Waals surface area (Å²) in [5.74, 6) is -1.90. The predicted molar refractivity (Wildman–Crippen MR) is 111 cm³/mol. The van der Waals surface area contributed by atoms with Crippen molar-refractivity contribution in [3.8, 4) is 0 Å². The van der Waals surface area contributed by atoms with Gasteiger partial charge in [-0.25, -0.2) is 13.2 Å². The average Bonchev–Trinajstić information content (AvgIpc) is 2.94. The minimum atomic E-state index is -3.11. The third-order valence-corrected chi connectivity index (χ3v) is 7.05. The Hall–Kier alpha value is -1.64. The molecular formula is C15H24N4O7S3. The molecule has 11 nitrogen and oxygen atoms in total. The largest absolute Gasteiger partial charge is 0.355 e. The molecule has 0 saturated carbocycles. The SMILES string of the molecule is C=NC(C)(N)CCC(=O)NCCSSCCC(=O)ON1C(=O)CC([SH](=O)=O)C1=O. The Morgan fingerprint density at radius 1 is 1.34 bits per heavy atom. The molecule has 1 aliphatic heterocycles. The fraction of sp³-hybridized carbons (Fsp3) is 0.667. The van der Waals surface area contributed by atoms with Crippen LogP contribution in [0.15, 0.2) is 4.99 Å². The van der Waals surface area contributed by atoms with Gasteiger partial charge in [0.05, 0.1) is 12.8 Å². The quantitative estimate of drug-likeness (QED) is 0.103. The monoisotopic (exact) mass is 468 g/mol. The van der Waals surface area contributed by atoms with Crippen molar-refractivity contribution in [3.63, 3.8) is 0 Å². The number of carbonyl (C=O) groups excluding carboxylic acids is 4. The molecule has 29 heavy (non-hydrogen) atoms. The van der Waals surface area contributed by atoms with E-state index in [1.54, 1.807) is 6.92 Å². The normalized spacial score (nSPS) is 18.6. The molecule has 0 radical (unpaired) electrons. The molecule has 1 saturated heterocycles. The first-order chi connectivity index (χ1) is 13.6. The first kappa shape index (κ1) is 25.4. The van der Waals surface area contributed by atoms with Crippen molar-refractivity contribution < 1.29 is 32.4 Å². The zero-order chi connectivity index (χ0) is 22.0. The van der Waals surface area contributed by atoms with Crippen LogP contribution in [0.25, 0.3) is 0 Å². The van der Waals surface area contributed by atoms with E-state index in [0.29, 0.717) is 24.5 Å². The average molecular weight is 469 g/mol. The van der Waals surface area contributed by atoms with Crippen molar-refractivity contribution in [1.29, 1.82) is 0 Å². The molecule has 0 aromatic carbocycles. The van der Waals surface area contributed by atoms with Gasteiger partial charge in [0.2, 0.25) is 5.91 Å². The summed E-state index contributed by atoms with van der Waals surface area (Å²) in [4.78, 5) is 55.0. The van der Waals surface area contributed by atoms with E-state index in [0.717, 1.165) is 0 Å². The van der Waals surface area contributed by atoms with E-state index in [-0.39, 0.29) is 23.8 Å². The molecule has 2 atom stereocenters. The highest BCUT2D eigenvalue weighted by molar-refractivity contribution is 8.76. The number of hydrogen-bond acceptors (Lipinski definition) is 11. The molecule has 0 aliphatic carbocycles. The Balaban J connectivity index is 2.12. The van der Waals surface area contributed by atoms with Crippen molar-refractivity contribution in [2.45, 2.75) is 43.5 Å². The molecule has 1 aliphatic rings. The van der Waals surface area contributed by atoms with Gasteiger partial charge >= 0.3 is 5.97 Å². The molecule has 0 aromatic heterocycles. The minimum Gasteiger partial charge on any atom is -0.355 e. The van der Waals surface area contributed by atoms with E-state index in [9.17, 15) is 27.6 Å². The number of hydrogen-bond donors (Lipinski definition) is 3. The Labute approximate surface area is 177 Å². The van der Waals surface area contributed by atoms with Gasteiger partial charge in [-0.3, -0.25) is 19.4 Å². The second-order valence-electron chi connectivity index (χ2n) is 6.25. The van der Waals surface area contributed by atoms with E-state index in [4.69, 9.17) is 5.73 Å². The van der Waals surface area contributed by atoms with Gasteiger partial charge in [-0.15, -0.1) is 5.06 Å². The van der Waals surface area contributed by atoms with Crippen molar-refractivity contribution >= 4 is 62.7 Å². The summed E-state index contributed by atoms with van der Waals surface area (Å²) in [6, 6.07) is 0. The highest BCUT2D eigenvalue weighted by atomic mass is 33.1. The zero-order valence-corrected chi connectivity index (χ0v) is 18.4. The highest BCUT2D eigenvalue weighted by Gasteiger charge is 2.43. The first-order valence-corrected chi connectivity index (χ1v) is 12.3. The van der Waals surface area contributed by atoms with Crippen LogP contribution in [0.3, 0.4) is 0 Å². The molecule has 0 spiro atoms. The molecule has 164 valence electrons. The molecule has 1 rings (SSSR count). The summed E-state index contributed by atoms with van der Waals surface area (Å²) >= 11 is 0. The number of nitrogens with one attached hydrogen (secondary N) is 1. The lowest BCUT2D eigenvalue weighted by molar-refractivity contribution is -0.197. The zero-order valence-electron chi connectivity index (χ0n) is 15.8. The Morgan fingerprint density at radius 3 is 2.59 bits per heavy atom. The van der Waals surface area contributed by atoms with Gasteiger partial charge in [-0.05, 0) is 20.1 Å². The molecule has 1 heterocycles. The van der Waals surface area contributed by atoms with Crippen molar-refractivity contribution in [1.82, 2.24) is 10.4 Å². The van der Waals surface area contributed by atoms with Crippen LogP contribution in [-0.4, -0.2) is 72.9 Å². The Morgan fingerprint density at radius 2 is 2.00 bits per heavy atom. The van der Waals surface area contributed by atoms with Gasteiger partial charge < -0.3 is 15.9 Å². The number of nitrogens with two attached hydrogens (primary N) is 1. The highest BCUT2D eigenvalue weighted by Crippen LogP contribution is 2.22. The van der Waals surface area contributed by atoms with Crippen LogP contribution in [0, 0.1) is 0 Å². The fourth-order valence-electron chi connectivity index (χ4n) is 2.01. The number of rotatable bonds is 13. The van der Waals surface area contributed by atoms with Gasteiger partial charge in [-0.2, -0.15) is 0 Å². The van der Waals surface area contributed by atoms with Gasteiger partial charge in [0.15, 0.2) is 10.7 Å². The summed E-state index contributed by atoms with van der Waals surface area (Å²) in [6.45, 7) is 5.49. The van der Waals surface area contributed by atoms with Crippen molar-refractivity contribution in [2.75, 3.05) is 18.1 Å². The minimum absolute atomic E-state index is 0.0705. The summed E-state index contributed by atoms with van der Waals surface area (Å²) < 4.78 is 21.7. The van der Waals surface area contributed by atoms with E-state index < -0.39 is 45.8 Å². The van der Waals surface area contributed by atoms with Crippen LogP contribution in [0.4, 0.5) is 0 Å². The fourth-order valence-corrected chi connectivity index (χ4v) is 4.48. The van der Waals surface area contributed by atoms with Gasteiger partial charge in [-0.1, -0.05) is 21.6 Å². The molecule has 2 unspecified atom stereocenters. The molecule has 3 amide bonds. The summed E-state index contributed by atoms with van der Waals surface area (Å²) in [6.07, 6.45) is 0.0418. The third kappa shape index (κ3) is 9.14. The van der Waals surface area contributed by atoms with Gasteiger partial charge in [0.1, 0.15) is 10.9 Å². The third-order valence-electron chi connectivity index (χ3n) is 3.73. The first-order valence-electron chi connectivity index (χ1n) is 8.56.